The van der Waals surface area contributed by atoms with E-state index >= 15 is 0 Å². The molecule has 0 spiro atoms. The van der Waals surface area contributed by atoms with Gasteiger partial charge in [0.1, 0.15) is 0 Å². The molecule has 3 heterocycles. The summed E-state index contributed by atoms with van der Waals surface area (Å²) in [5.74, 6) is 0. The van der Waals surface area contributed by atoms with E-state index < -0.39 is 0 Å². The molecule has 0 N–H and O–H groups in total. The van der Waals surface area contributed by atoms with Crippen molar-refractivity contribution >= 4 is 97.9 Å². The highest BCUT2D eigenvalue weighted by Crippen LogP contribution is 2.48. The predicted octanol–water partition coefficient (Wildman–Crippen LogP) is 13.9. The highest BCUT2D eigenvalue weighted by Gasteiger charge is 2.23. The Bertz CT molecular complexity index is 2700. The summed E-state index contributed by atoms with van der Waals surface area (Å²) in [4.78, 5) is 2.47. The fourth-order valence-electron chi connectivity index (χ4n) is 7.41. The molecule has 0 amide bonds. The molecule has 6 aromatic carbocycles. The van der Waals surface area contributed by atoms with E-state index in [4.69, 9.17) is 0 Å². The quantitative estimate of drug-likeness (QED) is 0.179. The minimum Gasteiger partial charge on any atom is -0.335 e. The summed E-state index contributed by atoms with van der Waals surface area (Å²) in [7, 11) is 0. The second-order valence-corrected chi connectivity index (χ2v) is 15.4. The van der Waals surface area contributed by atoms with Crippen LogP contribution in [0.3, 0.4) is 0 Å². The first kappa shape index (κ1) is 29.0. The summed E-state index contributed by atoms with van der Waals surface area (Å²) in [6.45, 7) is 11.0. The molecule has 4 heteroatoms. The first-order chi connectivity index (χ1) is 23.4. The van der Waals surface area contributed by atoms with Crippen LogP contribution < -0.4 is 4.90 Å². The third-order valence-electron chi connectivity index (χ3n) is 9.48. The lowest BCUT2D eigenvalue weighted by Crippen LogP contribution is -2.21. The van der Waals surface area contributed by atoms with Gasteiger partial charge in [-0.05, 0) is 91.4 Å². The molecule has 0 aliphatic heterocycles. The second kappa shape index (κ2) is 10.9. The number of aromatic nitrogens is 1. The van der Waals surface area contributed by atoms with Crippen LogP contribution in [-0.2, 0) is 5.54 Å². The van der Waals surface area contributed by atoms with Crippen molar-refractivity contribution in [1.82, 2.24) is 4.57 Å². The molecular weight excluding hydrogens is 621 g/mol. The molecule has 0 bridgehead atoms. The van der Waals surface area contributed by atoms with E-state index in [9.17, 15) is 0 Å². The van der Waals surface area contributed by atoms with Gasteiger partial charge in [0.25, 0.3) is 0 Å². The van der Waals surface area contributed by atoms with Crippen molar-refractivity contribution in [2.45, 2.75) is 26.3 Å². The second-order valence-electron chi connectivity index (χ2n) is 13.4. The molecule has 0 saturated carbocycles. The van der Waals surface area contributed by atoms with Crippen LogP contribution >= 0.6 is 22.7 Å². The van der Waals surface area contributed by atoms with E-state index in [0.29, 0.717) is 0 Å². The van der Waals surface area contributed by atoms with Gasteiger partial charge < -0.3 is 9.47 Å². The van der Waals surface area contributed by atoms with Crippen molar-refractivity contribution in [1.29, 1.82) is 0 Å². The molecule has 0 saturated heterocycles. The average Bonchev–Trinajstić information content (AvgIpc) is 3.80. The molecule has 0 unspecified atom stereocenters. The Balaban J connectivity index is 1.28. The summed E-state index contributed by atoms with van der Waals surface area (Å²) < 4.78 is 6.33. The molecular formula is C44H34N2S2. The first-order valence-corrected chi connectivity index (χ1v) is 18.1. The lowest BCUT2D eigenvalue weighted by molar-refractivity contribution is 0.423. The van der Waals surface area contributed by atoms with E-state index in [0.717, 1.165) is 5.69 Å². The summed E-state index contributed by atoms with van der Waals surface area (Å²) >= 11 is 3.66. The summed E-state index contributed by atoms with van der Waals surface area (Å²) in [5.41, 5.74) is 9.59. The van der Waals surface area contributed by atoms with Crippen molar-refractivity contribution in [2.24, 2.45) is 0 Å². The van der Waals surface area contributed by atoms with Gasteiger partial charge in [0.15, 0.2) is 0 Å². The lowest BCUT2D eigenvalue weighted by Gasteiger charge is -2.27. The van der Waals surface area contributed by atoms with Crippen LogP contribution in [0.4, 0.5) is 17.1 Å². The zero-order valence-corrected chi connectivity index (χ0v) is 28.8. The number of rotatable bonds is 5. The van der Waals surface area contributed by atoms with Crippen LogP contribution in [0, 0.1) is 0 Å². The Morgan fingerprint density at radius 1 is 0.604 bits per heavy atom. The number of nitrogens with zero attached hydrogens (tertiary/aromatic N) is 2. The molecule has 9 rings (SSSR count). The largest absolute Gasteiger partial charge is 0.335 e. The maximum absolute atomic E-state index is 4.10. The number of hydrogen-bond donors (Lipinski definition) is 0. The van der Waals surface area contributed by atoms with Crippen LogP contribution in [0.1, 0.15) is 26.3 Å². The number of para-hydroxylation sites is 1. The molecule has 0 fully saturated rings. The molecule has 232 valence electrons. The van der Waals surface area contributed by atoms with Crippen molar-refractivity contribution in [3.8, 4) is 11.1 Å². The van der Waals surface area contributed by atoms with Crippen molar-refractivity contribution in [3.05, 3.63) is 145 Å². The van der Waals surface area contributed by atoms with Gasteiger partial charge in [0.2, 0.25) is 0 Å². The van der Waals surface area contributed by atoms with E-state index in [-0.39, 0.29) is 5.54 Å². The maximum atomic E-state index is 4.10. The van der Waals surface area contributed by atoms with Gasteiger partial charge in [0.05, 0.1) is 20.8 Å². The highest BCUT2D eigenvalue weighted by molar-refractivity contribution is 7.26. The number of anilines is 3. The van der Waals surface area contributed by atoms with Crippen molar-refractivity contribution in [2.75, 3.05) is 4.90 Å². The number of hydrogen-bond acceptors (Lipinski definition) is 3. The minimum absolute atomic E-state index is 0.0365. The smallest absolute Gasteiger partial charge is 0.0640 e. The molecule has 0 atom stereocenters. The fourth-order valence-corrected chi connectivity index (χ4v) is 9.68. The van der Waals surface area contributed by atoms with Gasteiger partial charge in [-0.15, -0.1) is 22.7 Å². The zero-order valence-electron chi connectivity index (χ0n) is 27.2. The molecule has 48 heavy (non-hydrogen) atoms. The Morgan fingerprint density at radius 3 is 2.08 bits per heavy atom. The normalized spacial score (nSPS) is 12.1. The summed E-state index contributed by atoms with van der Waals surface area (Å²) in [6, 6.07) is 47.0. The number of benzene rings is 6. The maximum Gasteiger partial charge on any atom is 0.0640 e. The van der Waals surface area contributed by atoms with Crippen LogP contribution in [0.15, 0.2) is 139 Å². The molecule has 0 radical (unpaired) electrons. The van der Waals surface area contributed by atoms with Crippen molar-refractivity contribution in [3.63, 3.8) is 0 Å². The van der Waals surface area contributed by atoms with Gasteiger partial charge in [-0.1, -0.05) is 91.5 Å². The number of fused-ring (bicyclic) bond motifs is 7. The minimum atomic E-state index is -0.0365. The Labute approximate surface area is 288 Å². The SMILES string of the molecule is C=Cc1csc2c(N(c3cccc(-c4ccc5c(c4)c4ccccc4n5C(C)(C)C)c3)c3cccc4c3sc3ccccc34)cccc12. The van der Waals surface area contributed by atoms with Gasteiger partial charge >= 0.3 is 0 Å². The zero-order chi connectivity index (χ0) is 32.6. The highest BCUT2D eigenvalue weighted by atomic mass is 32.1. The monoisotopic (exact) mass is 654 g/mol. The third-order valence-corrected chi connectivity index (χ3v) is 11.7. The Hall–Kier alpha value is -5.16. The van der Waals surface area contributed by atoms with Gasteiger partial charge in [-0.25, -0.2) is 0 Å². The number of thiophene rings is 2. The van der Waals surface area contributed by atoms with Crippen LogP contribution in [0.25, 0.3) is 69.3 Å². The van der Waals surface area contributed by atoms with E-state index in [1.807, 2.05) is 17.4 Å². The average molecular weight is 655 g/mol. The van der Waals surface area contributed by atoms with E-state index in [1.54, 1.807) is 11.3 Å². The molecule has 9 aromatic rings. The van der Waals surface area contributed by atoms with Gasteiger partial charge in [0, 0.05) is 53.9 Å². The summed E-state index contributed by atoms with van der Waals surface area (Å²) in [5, 5.41) is 8.63. The Morgan fingerprint density at radius 2 is 1.27 bits per heavy atom. The lowest BCUT2D eigenvalue weighted by atomic mass is 10.0. The van der Waals surface area contributed by atoms with Crippen LogP contribution in [0.5, 0.6) is 0 Å². The predicted molar refractivity (Wildman–Crippen MR) is 213 cm³/mol. The fraction of sp³-hybridized carbons (Fsp3) is 0.0909. The van der Waals surface area contributed by atoms with Crippen LogP contribution in [-0.4, -0.2) is 4.57 Å². The summed E-state index contributed by atoms with van der Waals surface area (Å²) in [6.07, 6.45) is 1.97. The third kappa shape index (κ3) is 4.44. The topological polar surface area (TPSA) is 8.17 Å². The molecule has 2 nitrogen and oxygen atoms in total. The van der Waals surface area contributed by atoms with Crippen molar-refractivity contribution < 1.29 is 0 Å². The molecule has 0 aliphatic carbocycles. The standard InChI is InChI=1S/C44H34N2S2/c1-5-28-27-47-42-32(28)17-11-20-39(42)45(40-21-12-18-35-34-16-7-9-22-41(34)48-43(35)40)31-14-10-13-29(25-31)30-23-24-38-36(26-30)33-15-6-8-19-37(33)46(38)44(2,3)4/h5-27H,1H2,2-4H3. The molecule has 3 aromatic heterocycles. The Kier molecular flexibility index (Phi) is 6.62. The van der Waals surface area contributed by atoms with E-state index in [2.05, 4.69) is 170 Å². The van der Waals surface area contributed by atoms with E-state index in [1.165, 1.54) is 80.1 Å². The molecule has 0 aliphatic rings. The first-order valence-electron chi connectivity index (χ1n) is 16.4. The van der Waals surface area contributed by atoms with Gasteiger partial charge in [-0.3, -0.25) is 0 Å². The van der Waals surface area contributed by atoms with Crippen LogP contribution in [0.2, 0.25) is 0 Å². The van der Waals surface area contributed by atoms with Gasteiger partial charge in [-0.2, -0.15) is 0 Å².